The lowest BCUT2D eigenvalue weighted by atomic mass is 9.80. The Morgan fingerprint density at radius 3 is 2.51 bits per heavy atom. The summed E-state index contributed by atoms with van der Waals surface area (Å²) in [6.07, 6.45) is -2.11. The molecule has 2 saturated carbocycles. The lowest BCUT2D eigenvalue weighted by Gasteiger charge is -2.35. The van der Waals surface area contributed by atoms with Gasteiger partial charge in [-0.1, -0.05) is 6.07 Å². The van der Waals surface area contributed by atoms with Crippen molar-refractivity contribution < 1.29 is 46.8 Å². The number of nitrogens with one attached hydrogen (secondary N) is 2. The molecule has 10 nitrogen and oxygen atoms in total. The molecule has 4 aromatic rings. The van der Waals surface area contributed by atoms with Gasteiger partial charge in [-0.2, -0.15) is 13.2 Å². The predicted octanol–water partition coefficient (Wildman–Crippen LogP) is 4.45. The van der Waals surface area contributed by atoms with Gasteiger partial charge in [0.1, 0.15) is 40.5 Å². The minimum atomic E-state index is -5.37. The SMILES string of the molecule is C[C@]1(C(=O)N[C@H]2C[C@@H](O)C2)COc2c1cc(C(O)(CNC(=O)c1cc(OC3CC3)c3ncccc3c1)C(F)(F)F)nc2-c1ccc(F)cc1. The Bertz CT molecular complexity index is 1950. The molecule has 2 aromatic heterocycles. The molecule has 14 heteroatoms. The number of rotatable bonds is 9. The number of hydrogen-bond donors (Lipinski definition) is 4. The number of ether oxygens (including phenoxy) is 2. The van der Waals surface area contributed by atoms with Crippen molar-refractivity contribution in [2.24, 2.45) is 0 Å². The second-order valence-electron chi connectivity index (χ2n) is 13.1. The van der Waals surface area contributed by atoms with E-state index in [-0.39, 0.29) is 46.9 Å². The van der Waals surface area contributed by atoms with Gasteiger partial charge in [0.05, 0.1) is 24.4 Å². The molecule has 2 atom stereocenters. The fourth-order valence-electron chi connectivity index (χ4n) is 6.03. The number of benzene rings is 2. The van der Waals surface area contributed by atoms with Crippen molar-refractivity contribution in [3.63, 3.8) is 0 Å². The largest absolute Gasteiger partial charge is 0.489 e. The number of hydrogen-bond acceptors (Lipinski definition) is 8. The zero-order chi connectivity index (χ0) is 34.7. The monoisotopic (exact) mass is 680 g/mol. The Morgan fingerprint density at radius 2 is 1.84 bits per heavy atom. The third-order valence-electron chi connectivity index (χ3n) is 9.29. The summed E-state index contributed by atoms with van der Waals surface area (Å²) in [5.41, 5.74) is -5.63. The fraction of sp³-hybridized carbons (Fsp3) is 0.371. The van der Waals surface area contributed by atoms with E-state index < -0.39 is 53.2 Å². The Hall–Kier alpha value is -4.82. The van der Waals surface area contributed by atoms with Gasteiger partial charge in [0, 0.05) is 34.3 Å². The average Bonchev–Trinajstić information content (AvgIpc) is 3.81. The molecule has 7 rings (SSSR count). The molecular formula is C35H32F4N4O6. The van der Waals surface area contributed by atoms with Gasteiger partial charge in [0.2, 0.25) is 11.5 Å². The molecule has 3 aliphatic rings. The van der Waals surface area contributed by atoms with Crippen molar-refractivity contribution in [3.05, 3.63) is 83.4 Å². The van der Waals surface area contributed by atoms with Crippen molar-refractivity contribution in [1.82, 2.24) is 20.6 Å². The van der Waals surface area contributed by atoms with Crippen molar-refractivity contribution in [3.8, 4) is 22.8 Å². The Labute approximate surface area is 277 Å². The van der Waals surface area contributed by atoms with Crippen LogP contribution in [0, 0.1) is 5.82 Å². The Kier molecular flexibility index (Phi) is 7.98. The third-order valence-corrected chi connectivity index (χ3v) is 9.29. The van der Waals surface area contributed by atoms with Crippen LogP contribution in [0.15, 0.2) is 60.8 Å². The molecule has 0 saturated heterocycles. The Balaban J connectivity index is 1.26. The van der Waals surface area contributed by atoms with Gasteiger partial charge >= 0.3 is 6.18 Å². The zero-order valence-electron chi connectivity index (χ0n) is 26.2. The normalized spacial score (nSPS) is 22.8. The zero-order valence-corrected chi connectivity index (χ0v) is 26.2. The summed E-state index contributed by atoms with van der Waals surface area (Å²) in [6, 6.07) is 11.6. The van der Waals surface area contributed by atoms with Gasteiger partial charge < -0.3 is 30.3 Å². The van der Waals surface area contributed by atoms with Crippen molar-refractivity contribution in [2.45, 2.75) is 68.0 Å². The maximum absolute atomic E-state index is 15.0. The molecule has 1 aliphatic heterocycles. The van der Waals surface area contributed by atoms with E-state index in [1.54, 1.807) is 18.3 Å². The number of aromatic nitrogens is 2. The van der Waals surface area contributed by atoms with E-state index in [4.69, 9.17) is 9.47 Å². The summed E-state index contributed by atoms with van der Waals surface area (Å²) < 4.78 is 70.5. The number of halogens is 4. The molecule has 2 aliphatic carbocycles. The number of aliphatic hydroxyl groups excluding tert-OH is 1. The van der Waals surface area contributed by atoms with Crippen molar-refractivity contribution in [2.75, 3.05) is 13.2 Å². The third kappa shape index (κ3) is 6.03. The molecule has 2 fully saturated rings. The summed E-state index contributed by atoms with van der Waals surface area (Å²) in [6.45, 7) is -0.102. The van der Waals surface area contributed by atoms with E-state index in [0.717, 1.165) is 31.0 Å². The van der Waals surface area contributed by atoms with Crippen LogP contribution in [0.4, 0.5) is 17.6 Å². The van der Waals surface area contributed by atoms with Crippen LogP contribution in [0.3, 0.4) is 0 Å². The maximum atomic E-state index is 15.0. The highest BCUT2D eigenvalue weighted by molar-refractivity contribution is 6.00. The smallest absolute Gasteiger partial charge is 0.424 e. The van der Waals surface area contributed by atoms with E-state index >= 15 is 0 Å². The fourth-order valence-corrected chi connectivity index (χ4v) is 6.03. The maximum Gasteiger partial charge on any atom is 0.424 e. The van der Waals surface area contributed by atoms with E-state index in [9.17, 15) is 37.4 Å². The van der Waals surface area contributed by atoms with Crippen LogP contribution in [0.5, 0.6) is 11.5 Å². The molecule has 3 heterocycles. The second kappa shape index (κ2) is 11.9. The number of fused-ring (bicyclic) bond motifs is 2. The van der Waals surface area contributed by atoms with Crippen LogP contribution < -0.4 is 20.1 Å². The lowest BCUT2D eigenvalue weighted by Crippen LogP contribution is -2.53. The summed E-state index contributed by atoms with van der Waals surface area (Å²) in [7, 11) is 0. The molecule has 0 radical (unpaired) electrons. The first-order valence-corrected chi connectivity index (χ1v) is 15.8. The quantitative estimate of drug-likeness (QED) is 0.190. The van der Waals surface area contributed by atoms with E-state index in [1.165, 1.54) is 31.2 Å². The molecule has 0 bridgehead atoms. The van der Waals surface area contributed by atoms with Crippen molar-refractivity contribution >= 4 is 22.7 Å². The summed E-state index contributed by atoms with van der Waals surface area (Å²) in [5, 5.41) is 26.7. The van der Waals surface area contributed by atoms with E-state index in [0.29, 0.717) is 29.5 Å². The Morgan fingerprint density at radius 1 is 1.10 bits per heavy atom. The minimum Gasteiger partial charge on any atom is -0.489 e. The highest BCUT2D eigenvalue weighted by Crippen LogP contribution is 2.48. The lowest BCUT2D eigenvalue weighted by molar-refractivity contribution is -0.265. The number of carbonyl (C=O) groups is 2. The van der Waals surface area contributed by atoms with E-state index in [2.05, 4.69) is 20.6 Å². The standard InChI is InChI=1S/C35H32F4N4O6/c1-33(32(46)42-22-13-23(44)14-22)17-48-30-25(33)15-27(43-29(30)18-4-6-21(36)7-5-18)34(47,35(37,38)39)16-41-31(45)20-11-19-3-2-10-40-28(19)26(12-20)49-24-8-9-24/h2-7,10-12,15,22-24,44,47H,8-9,13-14,16-17H2,1H3,(H,41,45)(H,42,46)/t22-,23+,33-,34?/m0/s1. The summed E-state index contributed by atoms with van der Waals surface area (Å²) in [5.74, 6) is -1.75. The van der Waals surface area contributed by atoms with Gasteiger partial charge in [-0.05, 0) is 81.1 Å². The summed E-state index contributed by atoms with van der Waals surface area (Å²) >= 11 is 0. The first-order chi connectivity index (χ1) is 23.2. The number of nitrogens with zero attached hydrogens (tertiary/aromatic N) is 2. The van der Waals surface area contributed by atoms with Gasteiger partial charge in [-0.3, -0.25) is 14.6 Å². The summed E-state index contributed by atoms with van der Waals surface area (Å²) in [4.78, 5) is 35.5. The number of pyridine rings is 2. The van der Waals surface area contributed by atoms with Crippen LogP contribution in [-0.4, -0.2) is 69.6 Å². The number of aliphatic hydroxyl groups is 2. The molecular weight excluding hydrogens is 648 g/mol. The highest BCUT2D eigenvalue weighted by Gasteiger charge is 2.58. The predicted molar refractivity (Wildman–Crippen MR) is 167 cm³/mol. The molecule has 0 spiro atoms. The van der Waals surface area contributed by atoms with Crippen LogP contribution in [-0.2, 0) is 15.8 Å². The van der Waals surface area contributed by atoms with Gasteiger partial charge in [0.15, 0.2) is 0 Å². The number of alkyl halides is 3. The first kappa shape index (κ1) is 32.7. The molecule has 1 unspecified atom stereocenters. The van der Waals surface area contributed by atoms with Gasteiger partial charge in [0.25, 0.3) is 5.91 Å². The van der Waals surface area contributed by atoms with Crippen LogP contribution in [0.25, 0.3) is 22.2 Å². The number of carbonyl (C=O) groups excluding carboxylic acids is 2. The van der Waals surface area contributed by atoms with Crippen LogP contribution >= 0.6 is 0 Å². The van der Waals surface area contributed by atoms with Crippen molar-refractivity contribution in [1.29, 1.82) is 0 Å². The average molecular weight is 681 g/mol. The topological polar surface area (TPSA) is 143 Å². The van der Waals surface area contributed by atoms with Gasteiger partial charge in [-0.15, -0.1) is 0 Å². The minimum absolute atomic E-state index is 0.00294. The molecule has 49 heavy (non-hydrogen) atoms. The van der Waals surface area contributed by atoms with E-state index in [1.807, 2.05) is 0 Å². The first-order valence-electron chi connectivity index (χ1n) is 15.8. The van der Waals surface area contributed by atoms with Gasteiger partial charge in [-0.25, -0.2) is 9.37 Å². The second-order valence-corrected chi connectivity index (χ2v) is 13.1. The molecule has 2 amide bonds. The van der Waals surface area contributed by atoms with Crippen LogP contribution in [0.2, 0.25) is 0 Å². The molecule has 4 N–H and O–H groups in total. The molecule has 2 aromatic carbocycles. The number of amides is 2. The molecule has 256 valence electrons. The highest BCUT2D eigenvalue weighted by atomic mass is 19.4. The van der Waals surface area contributed by atoms with Crippen LogP contribution in [0.1, 0.15) is 54.2 Å².